The van der Waals surface area contributed by atoms with Crippen LogP contribution in [0.15, 0.2) is 24.3 Å². The fourth-order valence-electron chi connectivity index (χ4n) is 3.74. The van der Waals surface area contributed by atoms with Gasteiger partial charge in [-0.1, -0.05) is 44.0 Å². The molecule has 1 spiro atoms. The number of nitrogens with one attached hydrogen (secondary N) is 1. The van der Waals surface area contributed by atoms with E-state index in [1.807, 2.05) is 38.1 Å². The summed E-state index contributed by atoms with van der Waals surface area (Å²) in [6.45, 7) is 3.72. The van der Waals surface area contributed by atoms with Crippen molar-refractivity contribution >= 4 is 17.9 Å². The zero-order valence-electron chi connectivity index (χ0n) is 14.7. The van der Waals surface area contributed by atoms with Crippen molar-refractivity contribution in [3.63, 3.8) is 0 Å². The van der Waals surface area contributed by atoms with Crippen LogP contribution in [-0.4, -0.2) is 34.9 Å². The number of urea groups is 1. The third-order valence-electron chi connectivity index (χ3n) is 5.44. The van der Waals surface area contributed by atoms with Gasteiger partial charge >= 0.3 is 12.0 Å². The van der Waals surface area contributed by atoms with E-state index in [2.05, 4.69) is 5.32 Å². The highest BCUT2D eigenvalue weighted by atomic mass is 16.5. The Kier molecular flexibility index (Phi) is 4.79. The molecule has 0 unspecified atom stereocenters. The van der Waals surface area contributed by atoms with Crippen LogP contribution in [0.1, 0.15) is 43.7 Å². The molecule has 2 fully saturated rings. The Morgan fingerprint density at radius 2 is 2.08 bits per heavy atom. The summed E-state index contributed by atoms with van der Waals surface area (Å²) < 4.78 is 5.26. The van der Waals surface area contributed by atoms with E-state index in [1.165, 1.54) is 0 Å². The maximum absolute atomic E-state index is 12.8. The van der Waals surface area contributed by atoms with Crippen LogP contribution in [0.2, 0.25) is 0 Å². The van der Waals surface area contributed by atoms with Gasteiger partial charge in [0, 0.05) is 0 Å². The molecule has 1 aliphatic carbocycles. The number of imide groups is 1. The second-order valence-corrected chi connectivity index (χ2v) is 7.03. The van der Waals surface area contributed by atoms with Crippen LogP contribution in [-0.2, 0) is 20.9 Å². The molecule has 0 radical (unpaired) electrons. The Morgan fingerprint density at radius 1 is 1.32 bits per heavy atom. The van der Waals surface area contributed by atoms with Crippen molar-refractivity contribution < 1.29 is 19.1 Å². The summed E-state index contributed by atoms with van der Waals surface area (Å²) in [5.74, 6) is -0.796. The van der Waals surface area contributed by atoms with Crippen LogP contribution in [0.3, 0.4) is 0 Å². The van der Waals surface area contributed by atoms with Gasteiger partial charge in [-0.15, -0.1) is 0 Å². The van der Waals surface area contributed by atoms with Gasteiger partial charge in [0.15, 0.2) is 0 Å². The number of esters is 1. The number of nitrogens with zero attached hydrogens (tertiary/aromatic N) is 1. The summed E-state index contributed by atoms with van der Waals surface area (Å²) in [5.41, 5.74) is 1.09. The normalized spacial score (nSPS) is 26.0. The molecule has 25 heavy (non-hydrogen) atoms. The highest BCUT2D eigenvalue weighted by Crippen LogP contribution is 2.38. The molecule has 0 aromatic heterocycles. The molecule has 1 aromatic rings. The SMILES string of the molecule is Cc1ccccc1COC(=O)CN1C(=O)N[C@@]2(CCCC[C@@H]2C)C1=O. The van der Waals surface area contributed by atoms with Gasteiger partial charge in [-0.2, -0.15) is 0 Å². The Hall–Kier alpha value is -2.37. The fraction of sp³-hybridized carbons (Fsp3) is 0.526. The van der Waals surface area contributed by atoms with Gasteiger partial charge in [-0.3, -0.25) is 14.5 Å². The molecular formula is C19H24N2O4. The number of hydrogen-bond donors (Lipinski definition) is 1. The van der Waals surface area contributed by atoms with Crippen LogP contribution in [0.5, 0.6) is 0 Å². The fourth-order valence-corrected chi connectivity index (χ4v) is 3.74. The summed E-state index contributed by atoms with van der Waals surface area (Å²) >= 11 is 0. The number of carbonyl (C=O) groups is 3. The number of ether oxygens (including phenoxy) is 1. The first kappa shape index (κ1) is 17.5. The second kappa shape index (κ2) is 6.86. The molecule has 3 rings (SSSR count). The lowest BCUT2D eigenvalue weighted by molar-refractivity contribution is -0.149. The lowest BCUT2D eigenvalue weighted by atomic mass is 9.73. The van der Waals surface area contributed by atoms with Crippen molar-refractivity contribution in [3.05, 3.63) is 35.4 Å². The van der Waals surface area contributed by atoms with Crippen molar-refractivity contribution in [1.82, 2.24) is 10.2 Å². The summed E-state index contributed by atoms with van der Waals surface area (Å²) in [7, 11) is 0. The monoisotopic (exact) mass is 344 g/mol. The van der Waals surface area contributed by atoms with Crippen molar-refractivity contribution in [1.29, 1.82) is 0 Å². The van der Waals surface area contributed by atoms with Crippen LogP contribution in [0, 0.1) is 12.8 Å². The van der Waals surface area contributed by atoms with Crippen molar-refractivity contribution in [2.75, 3.05) is 6.54 Å². The molecule has 1 aliphatic heterocycles. The zero-order valence-corrected chi connectivity index (χ0v) is 14.7. The molecule has 2 atom stereocenters. The summed E-state index contributed by atoms with van der Waals surface area (Å²) in [6, 6.07) is 7.12. The number of hydrogen-bond acceptors (Lipinski definition) is 4. The highest BCUT2D eigenvalue weighted by Gasteiger charge is 2.55. The average molecular weight is 344 g/mol. The lowest BCUT2D eigenvalue weighted by Gasteiger charge is -2.36. The minimum atomic E-state index is -0.842. The highest BCUT2D eigenvalue weighted by molar-refractivity contribution is 6.08. The molecule has 1 N–H and O–H groups in total. The van der Waals surface area contributed by atoms with Crippen LogP contribution >= 0.6 is 0 Å². The Bertz CT molecular complexity index is 702. The van der Waals surface area contributed by atoms with Gasteiger partial charge in [-0.05, 0) is 36.8 Å². The van der Waals surface area contributed by atoms with E-state index < -0.39 is 17.5 Å². The van der Waals surface area contributed by atoms with Crippen molar-refractivity contribution in [2.45, 2.75) is 51.7 Å². The molecule has 0 bridgehead atoms. The number of amides is 3. The predicted molar refractivity (Wildman–Crippen MR) is 91.6 cm³/mol. The number of benzene rings is 1. The third-order valence-corrected chi connectivity index (χ3v) is 5.44. The van der Waals surface area contributed by atoms with Gasteiger partial charge in [0.05, 0.1) is 0 Å². The smallest absolute Gasteiger partial charge is 0.326 e. The first-order valence-corrected chi connectivity index (χ1v) is 8.78. The van der Waals surface area contributed by atoms with Crippen LogP contribution in [0.4, 0.5) is 4.79 Å². The average Bonchev–Trinajstić information content (AvgIpc) is 2.82. The number of carbonyl (C=O) groups excluding carboxylic acids is 3. The summed E-state index contributed by atoms with van der Waals surface area (Å²) in [4.78, 5) is 38.2. The molecule has 1 saturated carbocycles. The molecule has 1 aromatic carbocycles. The van der Waals surface area contributed by atoms with Crippen LogP contribution < -0.4 is 5.32 Å². The van der Waals surface area contributed by atoms with E-state index >= 15 is 0 Å². The van der Waals surface area contributed by atoms with Crippen molar-refractivity contribution in [3.8, 4) is 0 Å². The van der Waals surface area contributed by atoms with Crippen molar-refractivity contribution in [2.24, 2.45) is 5.92 Å². The second-order valence-electron chi connectivity index (χ2n) is 7.03. The van der Waals surface area contributed by atoms with Gasteiger partial charge < -0.3 is 10.1 Å². The van der Waals surface area contributed by atoms with E-state index in [4.69, 9.17) is 4.74 Å². The van der Waals surface area contributed by atoms with Crippen LogP contribution in [0.25, 0.3) is 0 Å². The minimum absolute atomic E-state index is 0.0747. The number of aryl methyl sites for hydroxylation is 1. The summed E-state index contributed by atoms with van der Waals surface area (Å²) in [6.07, 6.45) is 3.50. The van der Waals surface area contributed by atoms with E-state index in [0.717, 1.165) is 35.3 Å². The molecule has 3 amide bonds. The molecule has 134 valence electrons. The third kappa shape index (κ3) is 3.25. The molecule has 6 nitrogen and oxygen atoms in total. The van der Waals surface area contributed by atoms with Gasteiger partial charge in [-0.25, -0.2) is 4.79 Å². The lowest BCUT2D eigenvalue weighted by Crippen LogP contribution is -2.54. The topological polar surface area (TPSA) is 75.7 Å². The van der Waals surface area contributed by atoms with E-state index in [1.54, 1.807) is 0 Å². The first-order chi connectivity index (χ1) is 11.9. The molecule has 1 heterocycles. The number of rotatable bonds is 4. The minimum Gasteiger partial charge on any atom is -0.459 e. The molecular weight excluding hydrogens is 320 g/mol. The van der Waals surface area contributed by atoms with Gasteiger partial charge in [0.25, 0.3) is 5.91 Å². The van der Waals surface area contributed by atoms with Gasteiger partial charge in [0.2, 0.25) is 0 Å². The van der Waals surface area contributed by atoms with E-state index in [0.29, 0.717) is 6.42 Å². The van der Waals surface area contributed by atoms with Gasteiger partial charge in [0.1, 0.15) is 18.7 Å². The predicted octanol–water partition coefficient (Wildman–Crippen LogP) is 2.54. The Morgan fingerprint density at radius 3 is 2.80 bits per heavy atom. The quantitative estimate of drug-likeness (QED) is 0.673. The zero-order chi connectivity index (χ0) is 18.0. The Labute approximate surface area is 147 Å². The van der Waals surface area contributed by atoms with E-state index in [-0.39, 0.29) is 25.0 Å². The van der Waals surface area contributed by atoms with E-state index in [9.17, 15) is 14.4 Å². The largest absolute Gasteiger partial charge is 0.459 e. The molecule has 6 heteroatoms. The maximum Gasteiger partial charge on any atom is 0.326 e. The standard InChI is InChI=1S/C19H24N2O4/c1-13-7-3-4-9-15(13)12-25-16(22)11-21-17(23)19(20-18(21)24)10-6-5-8-14(19)2/h3-4,7,9,14H,5-6,8,10-12H2,1-2H3,(H,20,24)/t14-,19+/m0/s1. The molecule has 1 saturated heterocycles. The molecule has 2 aliphatic rings. The maximum atomic E-state index is 12.8. The first-order valence-electron chi connectivity index (χ1n) is 8.78. The summed E-state index contributed by atoms with van der Waals surface area (Å²) in [5, 5.41) is 2.84. The Balaban J connectivity index is 1.62.